The second kappa shape index (κ2) is 6.01. The Bertz CT molecular complexity index is 351. The van der Waals surface area contributed by atoms with Crippen LogP contribution in [-0.4, -0.2) is 25.1 Å². The van der Waals surface area contributed by atoms with Gasteiger partial charge in [-0.1, -0.05) is 13.3 Å². The van der Waals surface area contributed by atoms with Crippen molar-refractivity contribution in [2.45, 2.75) is 32.7 Å². The van der Waals surface area contributed by atoms with Crippen LogP contribution in [0.25, 0.3) is 0 Å². The summed E-state index contributed by atoms with van der Waals surface area (Å²) in [7, 11) is 1.99. The normalized spacial score (nSPS) is 19.9. The molecule has 3 heteroatoms. The van der Waals surface area contributed by atoms with Crippen LogP contribution in [0, 0.1) is 5.92 Å². The van der Waals surface area contributed by atoms with Gasteiger partial charge < -0.3 is 10.2 Å². The maximum absolute atomic E-state index is 4.22. The van der Waals surface area contributed by atoms with Crippen LogP contribution in [0.2, 0.25) is 0 Å². The molecule has 3 nitrogen and oxygen atoms in total. The van der Waals surface area contributed by atoms with Gasteiger partial charge in [-0.05, 0) is 31.9 Å². The molecule has 2 heterocycles. The van der Waals surface area contributed by atoms with E-state index in [0.717, 1.165) is 12.5 Å². The maximum atomic E-state index is 4.22. The Hall–Kier alpha value is -1.09. The van der Waals surface area contributed by atoms with E-state index in [0.29, 0.717) is 0 Å². The summed E-state index contributed by atoms with van der Waals surface area (Å²) in [5.41, 5.74) is 2.68. The highest BCUT2D eigenvalue weighted by Crippen LogP contribution is 2.28. The van der Waals surface area contributed by atoms with E-state index in [1.165, 1.54) is 43.6 Å². The lowest BCUT2D eigenvalue weighted by atomic mass is 10.0. The van der Waals surface area contributed by atoms with Crippen LogP contribution < -0.4 is 10.2 Å². The molecule has 1 atom stereocenters. The summed E-state index contributed by atoms with van der Waals surface area (Å²) < 4.78 is 0. The van der Waals surface area contributed by atoms with E-state index in [-0.39, 0.29) is 0 Å². The van der Waals surface area contributed by atoms with Crippen molar-refractivity contribution in [3.8, 4) is 0 Å². The van der Waals surface area contributed by atoms with Crippen LogP contribution in [0.3, 0.4) is 0 Å². The first-order valence-corrected chi connectivity index (χ1v) is 6.67. The number of hydrogen-bond donors (Lipinski definition) is 1. The van der Waals surface area contributed by atoms with Crippen molar-refractivity contribution in [2.24, 2.45) is 5.92 Å². The summed E-state index contributed by atoms with van der Waals surface area (Å²) >= 11 is 0. The molecule has 1 fully saturated rings. The van der Waals surface area contributed by atoms with Crippen LogP contribution in [0.4, 0.5) is 5.69 Å². The minimum atomic E-state index is 0.885. The molecule has 1 N–H and O–H groups in total. The van der Waals surface area contributed by atoms with Gasteiger partial charge in [0.1, 0.15) is 0 Å². The predicted molar refractivity (Wildman–Crippen MR) is 72.2 cm³/mol. The Labute approximate surface area is 104 Å². The number of aromatic nitrogens is 1. The van der Waals surface area contributed by atoms with Crippen molar-refractivity contribution < 1.29 is 0 Å². The quantitative estimate of drug-likeness (QED) is 0.846. The fourth-order valence-corrected chi connectivity index (χ4v) is 2.75. The molecule has 2 rings (SSSR count). The predicted octanol–water partition coefficient (Wildman–Crippen LogP) is 2.43. The highest BCUT2D eigenvalue weighted by atomic mass is 15.2. The van der Waals surface area contributed by atoms with Crippen LogP contribution in [0.15, 0.2) is 18.5 Å². The summed E-state index contributed by atoms with van der Waals surface area (Å²) in [5.74, 6) is 0.885. The van der Waals surface area contributed by atoms with Crippen LogP contribution in [-0.2, 0) is 6.54 Å². The Morgan fingerprint density at radius 2 is 2.41 bits per heavy atom. The summed E-state index contributed by atoms with van der Waals surface area (Å²) in [5, 5.41) is 3.22. The Kier molecular flexibility index (Phi) is 4.37. The third kappa shape index (κ3) is 2.97. The van der Waals surface area contributed by atoms with Crippen molar-refractivity contribution in [3.05, 3.63) is 24.0 Å². The minimum absolute atomic E-state index is 0.885. The molecular weight excluding hydrogens is 210 g/mol. The molecule has 0 aliphatic carbocycles. The van der Waals surface area contributed by atoms with E-state index in [9.17, 15) is 0 Å². The number of nitrogens with zero attached hydrogens (tertiary/aromatic N) is 2. The zero-order chi connectivity index (χ0) is 12.1. The SMILES string of the molecule is CCCC1CCN(c2ccncc2CNC)C1. The highest BCUT2D eigenvalue weighted by Gasteiger charge is 2.23. The van der Waals surface area contributed by atoms with Gasteiger partial charge in [-0.15, -0.1) is 0 Å². The molecule has 1 saturated heterocycles. The molecule has 0 spiro atoms. The lowest BCUT2D eigenvalue weighted by Gasteiger charge is -2.21. The third-order valence-corrected chi connectivity index (χ3v) is 3.57. The van der Waals surface area contributed by atoms with Gasteiger partial charge in [0.25, 0.3) is 0 Å². The van der Waals surface area contributed by atoms with Crippen molar-refractivity contribution in [3.63, 3.8) is 0 Å². The number of hydrogen-bond acceptors (Lipinski definition) is 3. The average molecular weight is 233 g/mol. The number of nitrogens with one attached hydrogen (secondary N) is 1. The van der Waals surface area contributed by atoms with Gasteiger partial charge in [-0.2, -0.15) is 0 Å². The first kappa shape index (κ1) is 12.4. The van der Waals surface area contributed by atoms with Gasteiger partial charge >= 0.3 is 0 Å². The molecule has 0 radical (unpaired) electrons. The standard InChI is InChI=1S/C14H23N3/c1-3-4-12-6-8-17(11-12)14-5-7-16-10-13(14)9-15-2/h5,7,10,12,15H,3-4,6,8-9,11H2,1-2H3. The molecule has 1 aromatic heterocycles. The monoisotopic (exact) mass is 233 g/mol. The van der Waals surface area contributed by atoms with Gasteiger partial charge in [0.2, 0.25) is 0 Å². The molecule has 0 bridgehead atoms. The summed E-state index contributed by atoms with van der Waals surface area (Å²) in [6.45, 7) is 5.60. The molecular formula is C14H23N3. The second-order valence-corrected chi connectivity index (χ2v) is 4.92. The summed E-state index contributed by atoms with van der Waals surface area (Å²) in [6.07, 6.45) is 7.90. The van der Waals surface area contributed by atoms with E-state index in [1.807, 2.05) is 19.4 Å². The van der Waals surface area contributed by atoms with Gasteiger partial charge in [0, 0.05) is 43.3 Å². The second-order valence-electron chi connectivity index (χ2n) is 4.92. The topological polar surface area (TPSA) is 28.2 Å². The van der Waals surface area contributed by atoms with Crippen LogP contribution in [0.1, 0.15) is 31.7 Å². The van der Waals surface area contributed by atoms with E-state index < -0.39 is 0 Å². The highest BCUT2D eigenvalue weighted by molar-refractivity contribution is 5.53. The van der Waals surface area contributed by atoms with Crippen molar-refractivity contribution in [2.75, 3.05) is 25.0 Å². The number of rotatable bonds is 5. The number of pyridine rings is 1. The van der Waals surface area contributed by atoms with Gasteiger partial charge in [0.05, 0.1) is 0 Å². The van der Waals surface area contributed by atoms with Crippen molar-refractivity contribution in [1.29, 1.82) is 0 Å². The van der Waals surface area contributed by atoms with Crippen LogP contribution >= 0.6 is 0 Å². The molecule has 1 aromatic rings. The fourth-order valence-electron chi connectivity index (χ4n) is 2.75. The first-order valence-electron chi connectivity index (χ1n) is 6.67. The first-order chi connectivity index (χ1) is 8.35. The Morgan fingerprint density at radius 3 is 3.18 bits per heavy atom. The average Bonchev–Trinajstić information content (AvgIpc) is 2.79. The summed E-state index contributed by atoms with van der Waals surface area (Å²) in [6, 6.07) is 2.15. The van der Waals surface area contributed by atoms with Crippen molar-refractivity contribution in [1.82, 2.24) is 10.3 Å². The van der Waals surface area contributed by atoms with Gasteiger partial charge in [0.15, 0.2) is 0 Å². The lowest BCUT2D eigenvalue weighted by Crippen LogP contribution is -2.22. The maximum Gasteiger partial charge on any atom is 0.0442 e. The van der Waals surface area contributed by atoms with Gasteiger partial charge in [-0.25, -0.2) is 0 Å². The molecule has 0 saturated carbocycles. The molecule has 1 aliphatic rings. The zero-order valence-corrected chi connectivity index (χ0v) is 10.9. The van der Waals surface area contributed by atoms with Crippen molar-refractivity contribution >= 4 is 5.69 Å². The molecule has 94 valence electrons. The smallest absolute Gasteiger partial charge is 0.0442 e. The Balaban J connectivity index is 2.07. The van der Waals surface area contributed by atoms with E-state index in [1.54, 1.807) is 0 Å². The molecule has 1 aliphatic heterocycles. The third-order valence-electron chi connectivity index (χ3n) is 3.57. The molecule has 1 unspecified atom stereocenters. The van der Waals surface area contributed by atoms with Gasteiger partial charge in [-0.3, -0.25) is 4.98 Å². The fraction of sp³-hybridized carbons (Fsp3) is 0.643. The van der Waals surface area contributed by atoms with E-state index >= 15 is 0 Å². The van der Waals surface area contributed by atoms with Crippen LogP contribution in [0.5, 0.6) is 0 Å². The number of anilines is 1. The summed E-state index contributed by atoms with van der Waals surface area (Å²) in [4.78, 5) is 6.75. The lowest BCUT2D eigenvalue weighted by molar-refractivity contribution is 0.529. The zero-order valence-electron chi connectivity index (χ0n) is 10.9. The molecule has 17 heavy (non-hydrogen) atoms. The molecule has 0 amide bonds. The minimum Gasteiger partial charge on any atom is -0.371 e. The Morgan fingerprint density at radius 1 is 1.53 bits per heavy atom. The largest absolute Gasteiger partial charge is 0.371 e. The van der Waals surface area contributed by atoms with E-state index in [2.05, 4.69) is 28.2 Å². The molecule has 0 aromatic carbocycles. The van der Waals surface area contributed by atoms with E-state index in [4.69, 9.17) is 0 Å².